The molecule has 1 aromatic heterocycles. The summed E-state index contributed by atoms with van der Waals surface area (Å²) in [6.07, 6.45) is 3.78. The molecule has 6 heteroatoms. The molecule has 1 aromatic rings. The van der Waals surface area contributed by atoms with Crippen LogP contribution >= 0.6 is 11.8 Å². The SMILES string of the molecule is CCn1c(SCCC2CCNCC2)n[nH]c1=O. The van der Waals surface area contributed by atoms with E-state index < -0.39 is 0 Å². The Morgan fingerprint density at radius 1 is 1.47 bits per heavy atom. The van der Waals surface area contributed by atoms with Gasteiger partial charge in [0.05, 0.1) is 0 Å². The minimum absolute atomic E-state index is 0.100. The molecule has 0 atom stereocenters. The molecule has 0 radical (unpaired) electrons. The van der Waals surface area contributed by atoms with Gasteiger partial charge in [-0.15, -0.1) is 5.10 Å². The van der Waals surface area contributed by atoms with E-state index in [0.717, 1.165) is 29.9 Å². The predicted molar refractivity (Wildman–Crippen MR) is 69.5 cm³/mol. The van der Waals surface area contributed by atoms with E-state index >= 15 is 0 Å². The summed E-state index contributed by atoms with van der Waals surface area (Å²) >= 11 is 1.69. The molecule has 5 nitrogen and oxygen atoms in total. The zero-order valence-corrected chi connectivity index (χ0v) is 11.1. The fourth-order valence-corrected chi connectivity index (χ4v) is 3.29. The molecular formula is C11H20N4OS. The smallest absolute Gasteiger partial charge is 0.317 e. The number of aromatic amines is 1. The van der Waals surface area contributed by atoms with Crippen LogP contribution in [0.3, 0.4) is 0 Å². The quantitative estimate of drug-likeness (QED) is 0.774. The number of rotatable bonds is 5. The largest absolute Gasteiger partial charge is 0.343 e. The number of hydrogen-bond acceptors (Lipinski definition) is 4. The maximum absolute atomic E-state index is 11.4. The number of nitrogens with zero attached hydrogens (tertiary/aromatic N) is 2. The fourth-order valence-electron chi connectivity index (χ4n) is 2.18. The van der Waals surface area contributed by atoms with Crippen LogP contribution < -0.4 is 11.0 Å². The first-order valence-corrected chi connectivity index (χ1v) is 7.28. The Morgan fingerprint density at radius 3 is 2.94 bits per heavy atom. The van der Waals surface area contributed by atoms with Gasteiger partial charge in [0.15, 0.2) is 5.16 Å². The summed E-state index contributed by atoms with van der Waals surface area (Å²) in [6, 6.07) is 0. The van der Waals surface area contributed by atoms with Gasteiger partial charge in [-0.05, 0) is 45.2 Å². The average molecular weight is 256 g/mol. The van der Waals surface area contributed by atoms with E-state index in [9.17, 15) is 4.79 Å². The minimum Gasteiger partial charge on any atom is -0.317 e. The molecule has 1 aliphatic heterocycles. The van der Waals surface area contributed by atoms with Crippen molar-refractivity contribution in [2.45, 2.75) is 37.9 Å². The van der Waals surface area contributed by atoms with Crippen LogP contribution in [0.5, 0.6) is 0 Å². The van der Waals surface area contributed by atoms with Gasteiger partial charge < -0.3 is 5.32 Å². The normalized spacial score (nSPS) is 17.5. The first kappa shape index (κ1) is 12.7. The summed E-state index contributed by atoms with van der Waals surface area (Å²) in [4.78, 5) is 11.4. The van der Waals surface area contributed by atoms with Gasteiger partial charge >= 0.3 is 5.69 Å². The number of aromatic nitrogens is 3. The lowest BCUT2D eigenvalue weighted by Crippen LogP contribution is -2.27. The molecule has 2 heterocycles. The van der Waals surface area contributed by atoms with Gasteiger partial charge in [0.25, 0.3) is 0 Å². The van der Waals surface area contributed by atoms with Crippen LogP contribution in [0.2, 0.25) is 0 Å². The van der Waals surface area contributed by atoms with Gasteiger partial charge in [-0.3, -0.25) is 4.57 Å². The van der Waals surface area contributed by atoms with E-state index in [4.69, 9.17) is 0 Å². The number of hydrogen-bond donors (Lipinski definition) is 2. The van der Waals surface area contributed by atoms with Crippen molar-refractivity contribution in [3.8, 4) is 0 Å². The van der Waals surface area contributed by atoms with Gasteiger partial charge in [-0.25, -0.2) is 9.89 Å². The zero-order chi connectivity index (χ0) is 12.1. The van der Waals surface area contributed by atoms with Crippen molar-refractivity contribution in [2.75, 3.05) is 18.8 Å². The molecule has 0 aliphatic carbocycles. The molecule has 0 bridgehead atoms. The van der Waals surface area contributed by atoms with Crippen molar-refractivity contribution in [1.82, 2.24) is 20.1 Å². The number of nitrogens with one attached hydrogen (secondary N) is 2. The third-order valence-electron chi connectivity index (χ3n) is 3.26. The van der Waals surface area contributed by atoms with Crippen LogP contribution in [0.1, 0.15) is 26.2 Å². The number of thioether (sulfide) groups is 1. The fraction of sp³-hybridized carbons (Fsp3) is 0.818. The average Bonchev–Trinajstić information content (AvgIpc) is 2.71. The minimum atomic E-state index is -0.100. The molecule has 96 valence electrons. The van der Waals surface area contributed by atoms with Crippen molar-refractivity contribution in [1.29, 1.82) is 0 Å². The van der Waals surface area contributed by atoms with Gasteiger partial charge in [0, 0.05) is 12.3 Å². The molecule has 1 saturated heterocycles. The van der Waals surface area contributed by atoms with E-state index in [-0.39, 0.29) is 5.69 Å². The third-order valence-corrected chi connectivity index (χ3v) is 4.27. The zero-order valence-electron chi connectivity index (χ0n) is 10.2. The molecule has 2 N–H and O–H groups in total. The highest BCUT2D eigenvalue weighted by Crippen LogP contribution is 2.21. The molecule has 1 fully saturated rings. The first-order chi connectivity index (χ1) is 8.31. The van der Waals surface area contributed by atoms with E-state index in [2.05, 4.69) is 15.5 Å². The third kappa shape index (κ3) is 3.35. The maximum Gasteiger partial charge on any atom is 0.343 e. The predicted octanol–water partition coefficient (Wildman–Crippen LogP) is 1.07. The second-order valence-corrected chi connectivity index (χ2v) is 5.45. The van der Waals surface area contributed by atoms with Crippen molar-refractivity contribution in [2.24, 2.45) is 5.92 Å². The lowest BCUT2D eigenvalue weighted by atomic mass is 9.96. The molecule has 2 rings (SSSR count). The van der Waals surface area contributed by atoms with Gasteiger partial charge in [-0.1, -0.05) is 11.8 Å². The second-order valence-electron chi connectivity index (χ2n) is 4.39. The Morgan fingerprint density at radius 2 is 2.24 bits per heavy atom. The number of H-pyrrole nitrogens is 1. The second kappa shape index (κ2) is 6.26. The van der Waals surface area contributed by atoms with E-state index in [1.54, 1.807) is 16.3 Å². The molecule has 0 spiro atoms. The van der Waals surface area contributed by atoms with Gasteiger partial charge in [-0.2, -0.15) is 0 Å². The Labute approximate surface area is 105 Å². The highest BCUT2D eigenvalue weighted by atomic mass is 32.2. The lowest BCUT2D eigenvalue weighted by Gasteiger charge is -2.22. The highest BCUT2D eigenvalue weighted by molar-refractivity contribution is 7.99. The summed E-state index contributed by atoms with van der Waals surface area (Å²) in [5, 5.41) is 10.7. The monoisotopic (exact) mass is 256 g/mol. The van der Waals surface area contributed by atoms with Crippen LogP contribution in [0.25, 0.3) is 0 Å². The summed E-state index contributed by atoms with van der Waals surface area (Å²) in [6.45, 7) is 4.95. The summed E-state index contributed by atoms with van der Waals surface area (Å²) in [7, 11) is 0. The first-order valence-electron chi connectivity index (χ1n) is 6.30. The molecule has 0 amide bonds. The Hall–Kier alpha value is -0.750. The molecule has 17 heavy (non-hydrogen) atoms. The van der Waals surface area contributed by atoms with E-state index in [1.165, 1.54) is 19.3 Å². The van der Waals surface area contributed by atoms with Gasteiger partial charge in [0.1, 0.15) is 0 Å². The number of piperidine rings is 1. The molecule has 0 saturated carbocycles. The topological polar surface area (TPSA) is 62.7 Å². The summed E-state index contributed by atoms with van der Waals surface area (Å²) < 4.78 is 1.69. The van der Waals surface area contributed by atoms with Gasteiger partial charge in [0.2, 0.25) is 0 Å². The Kier molecular flexibility index (Phi) is 4.67. The highest BCUT2D eigenvalue weighted by Gasteiger charge is 2.13. The standard InChI is InChI=1S/C11H20N4OS/c1-2-15-10(16)13-14-11(15)17-8-5-9-3-6-12-7-4-9/h9,12H,2-8H2,1H3,(H,13,16). The van der Waals surface area contributed by atoms with Crippen LogP contribution in [-0.2, 0) is 6.54 Å². The van der Waals surface area contributed by atoms with Crippen LogP contribution in [-0.4, -0.2) is 33.6 Å². The van der Waals surface area contributed by atoms with Crippen LogP contribution in [0, 0.1) is 5.92 Å². The molecular weight excluding hydrogens is 236 g/mol. The van der Waals surface area contributed by atoms with Crippen LogP contribution in [0.15, 0.2) is 9.95 Å². The lowest BCUT2D eigenvalue weighted by molar-refractivity contribution is 0.367. The van der Waals surface area contributed by atoms with Crippen molar-refractivity contribution in [3.05, 3.63) is 10.5 Å². The molecule has 0 aromatic carbocycles. The summed E-state index contributed by atoms with van der Waals surface area (Å²) in [5.41, 5.74) is -0.100. The summed E-state index contributed by atoms with van der Waals surface area (Å²) in [5.74, 6) is 1.89. The Balaban J connectivity index is 1.79. The van der Waals surface area contributed by atoms with Crippen molar-refractivity contribution in [3.63, 3.8) is 0 Å². The van der Waals surface area contributed by atoms with Crippen molar-refractivity contribution >= 4 is 11.8 Å². The van der Waals surface area contributed by atoms with Crippen molar-refractivity contribution < 1.29 is 0 Å². The van der Waals surface area contributed by atoms with Crippen LogP contribution in [0.4, 0.5) is 0 Å². The Bertz CT molecular complexity index is 394. The van der Waals surface area contributed by atoms with E-state index in [1.807, 2.05) is 6.92 Å². The van der Waals surface area contributed by atoms with E-state index in [0.29, 0.717) is 6.54 Å². The maximum atomic E-state index is 11.4. The molecule has 0 unspecified atom stereocenters. The molecule has 1 aliphatic rings.